The van der Waals surface area contributed by atoms with Crippen LogP contribution in [0.3, 0.4) is 0 Å². The van der Waals surface area contributed by atoms with E-state index in [4.69, 9.17) is 9.63 Å². The summed E-state index contributed by atoms with van der Waals surface area (Å²) in [6, 6.07) is 6.58. The molecule has 20 heavy (non-hydrogen) atoms. The Morgan fingerprint density at radius 1 is 1.40 bits per heavy atom. The summed E-state index contributed by atoms with van der Waals surface area (Å²) in [6.45, 7) is 0. The van der Waals surface area contributed by atoms with Gasteiger partial charge in [-0.3, -0.25) is 0 Å². The monoisotopic (exact) mass is 290 g/mol. The number of benzene rings is 1. The Labute approximate surface area is 120 Å². The zero-order valence-corrected chi connectivity index (χ0v) is 11.6. The van der Waals surface area contributed by atoms with Gasteiger partial charge < -0.3 is 9.63 Å². The van der Waals surface area contributed by atoms with Crippen LogP contribution in [0.1, 0.15) is 40.8 Å². The third-order valence-electron chi connectivity index (χ3n) is 3.26. The lowest BCUT2D eigenvalue weighted by Crippen LogP contribution is -2.02. The average Bonchev–Trinajstić information content (AvgIpc) is 2.98. The first kappa shape index (κ1) is 13.2. The van der Waals surface area contributed by atoms with Gasteiger partial charge in [-0.15, -0.1) is 11.8 Å². The summed E-state index contributed by atoms with van der Waals surface area (Å²) in [5.41, 5.74) is 0.890. The van der Waals surface area contributed by atoms with Crippen LogP contribution in [-0.2, 0) is 0 Å². The van der Waals surface area contributed by atoms with Crippen LogP contribution >= 0.6 is 11.8 Å². The molecule has 6 heteroatoms. The molecule has 2 heterocycles. The van der Waals surface area contributed by atoms with Crippen molar-refractivity contribution >= 4 is 17.7 Å². The molecule has 1 aromatic carbocycles. The lowest BCUT2D eigenvalue weighted by atomic mass is 10.1. The quantitative estimate of drug-likeness (QED) is 0.933. The van der Waals surface area contributed by atoms with Gasteiger partial charge in [-0.2, -0.15) is 4.98 Å². The van der Waals surface area contributed by atoms with Crippen molar-refractivity contribution in [2.24, 2.45) is 0 Å². The second-order valence-electron chi connectivity index (χ2n) is 4.70. The zero-order valence-electron chi connectivity index (χ0n) is 10.8. The van der Waals surface area contributed by atoms with Crippen molar-refractivity contribution in [3.05, 3.63) is 35.7 Å². The summed E-state index contributed by atoms with van der Waals surface area (Å²) in [5, 5.41) is 13.2. The summed E-state index contributed by atoms with van der Waals surface area (Å²) in [5.74, 6) is 1.26. The number of thioether (sulfide) groups is 1. The second kappa shape index (κ2) is 5.66. The molecule has 0 radical (unpaired) electrons. The van der Waals surface area contributed by atoms with Crippen LogP contribution in [0.4, 0.5) is 0 Å². The van der Waals surface area contributed by atoms with Crippen molar-refractivity contribution in [2.75, 3.05) is 5.75 Å². The van der Waals surface area contributed by atoms with Crippen LogP contribution < -0.4 is 0 Å². The molecular weight excluding hydrogens is 276 g/mol. The molecule has 1 saturated heterocycles. The van der Waals surface area contributed by atoms with E-state index in [9.17, 15) is 4.79 Å². The van der Waals surface area contributed by atoms with Crippen LogP contribution in [0, 0.1) is 0 Å². The second-order valence-corrected chi connectivity index (χ2v) is 6.01. The van der Waals surface area contributed by atoms with Gasteiger partial charge in [0.2, 0.25) is 11.7 Å². The molecule has 1 fully saturated rings. The van der Waals surface area contributed by atoms with E-state index in [0.717, 1.165) is 12.2 Å². The predicted octanol–water partition coefficient (Wildman–Crippen LogP) is 3.39. The van der Waals surface area contributed by atoms with Crippen molar-refractivity contribution < 1.29 is 14.4 Å². The van der Waals surface area contributed by atoms with Crippen molar-refractivity contribution in [2.45, 2.75) is 24.5 Å². The van der Waals surface area contributed by atoms with Crippen LogP contribution in [-0.4, -0.2) is 27.0 Å². The Balaban J connectivity index is 1.85. The van der Waals surface area contributed by atoms with Gasteiger partial charge >= 0.3 is 5.97 Å². The van der Waals surface area contributed by atoms with E-state index in [1.807, 2.05) is 11.8 Å². The molecule has 1 aromatic heterocycles. The van der Waals surface area contributed by atoms with Crippen LogP contribution in [0.25, 0.3) is 11.4 Å². The molecule has 0 spiro atoms. The molecule has 0 saturated carbocycles. The number of nitrogens with zero attached hydrogens (tertiary/aromatic N) is 2. The number of hydrogen-bond donors (Lipinski definition) is 1. The molecule has 1 atom stereocenters. The number of aromatic nitrogens is 2. The Kier molecular flexibility index (Phi) is 3.73. The molecule has 2 aromatic rings. The fraction of sp³-hybridized carbons (Fsp3) is 0.357. The number of rotatable bonds is 3. The highest BCUT2D eigenvalue weighted by atomic mass is 32.2. The molecular formula is C14H14N2O3S. The van der Waals surface area contributed by atoms with Crippen LogP contribution in [0.5, 0.6) is 0 Å². The first-order valence-corrected chi connectivity index (χ1v) is 7.58. The molecule has 1 aliphatic rings. The summed E-state index contributed by atoms with van der Waals surface area (Å²) in [6.07, 6.45) is 3.48. The number of carboxylic acids is 1. The number of carbonyl (C=O) groups is 1. The third-order valence-corrected chi connectivity index (χ3v) is 4.63. The first-order valence-electron chi connectivity index (χ1n) is 6.53. The first-order chi connectivity index (χ1) is 9.74. The maximum Gasteiger partial charge on any atom is 0.335 e. The minimum Gasteiger partial charge on any atom is -0.478 e. The molecule has 1 N–H and O–H groups in total. The van der Waals surface area contributed by atoms with Crippen molar-refractivity contribution in [3.8, 4) is 11.4 Å². The summed E-state index contributed by atoms with van der Waals surface area (Å²) < 4.78 is 5.33. The smallest absolute Gasteiger partial charge is 0.335 e. The lowest BCUT2D eigenvalue weighted by Gasteiger charge is -2.16. The summed E-state index contributed by atoms with van der Waals surface area (Å²) in [7, 11) is 0. The standard InChI is InChI=1S/C14H14N2O3S/c17-14(18)10-5-3-4-9(8-10)12-15-13(19-16-12)11-6-1-2-7-20-11/h3-5,8,11H,1-2,6-7H2,(H,17,18). The summed E-state index contributed by atoms with van der Waals surface area (Å²) in [4.78, 5) is 15.4. The highest BCUT2D eigenvalue weighted by Crippen LogP contribution is 2.37. The Hall–Kier alpha value is -1.82. The van der Waals surface area contributed by atoms with Crippen molar-refractivity contribution in [3.63, 3.8) is 0 Å². The topological polar surface area (TPSA) is 76.2 Å². The number of aromatic carboxylic acids is 1. The highest BCUT2D eigenvalue weighted by Gasteiger charge is 2.22. The van der Waals surface area contributed by atoms with E-state index in [1.54, 1.807) is 24.3 Å². The molecule has 3 rings (SSSR count). The minimum atomic E-state index is -0.960. The Morgan fingerprint density at radius 3 is 3.05 bits per heavy atom. The highest BCUT2D eigenvalue weighted by molar-refractivity contribution is 7.99. The Morgan fingerprint density at radius 2 is 2.30 bits per heavy atom. The predicted molar refractivity (Wildman–Crippen MR) is 75.7 cm³/mol. The fourth-order valence-electron chi connectivity index (χ4n) is 2.21. The molecule has 104 valence electrons. The molecule has 5 nitrogen and oxygen atoms in total. The van der Waals surface area contributed by atoms with E-state index in [0.29, 0.717) is 17.3 Å². The third kappa shape index (κ3) is 2.70. The maximum absolute atomic E-state index is 11.0. The number of carboxylic acid groups (broad SMARTS) is 1. The van der Waals surface area contributed by atoms with Gasteiger partial charge in [0, 0.05) is 5.56 Å². The van der Waals surface area contributed by atoms with E-state index in [2.05, 4.69) is 10.1 Å². The molecule has 0 aliphatic carbocycles. The average molecular weight is 290 g/mol. The molecule has 0 amide bonds. The SMILES string of the molecule is O=C(O)c1cccc(-c2noc(C3CCCCS3)n2)c1. The summed E-state index contributed by atoms with van der Waals surface area (Å²) >= 11 is 1.84. The van der Waals surface area contributed by atoms with Gasteiger partial charge in [-0.25, -0.2) is 4.79 Å². The van der Waals surface area contributed by atoms with Crippen LogP contribution in [0.2, 0.25) is 0 Å². The van der Waals surface area contributed by atoms with Crippen molar-refractivity contribution in [1.29, 1.82) is 0 Å². The van der Waals surface area contributed by atoms with E-state index in [1.165, 1.54) is 12.8 Å². The molecule has 0 bridgehead atoms. The lowest BCUT2D eigenvalue weighted by molar-refractivity contribution is 0.0697. The minimum absolute atomic E-state index is 0.223. The maximum atomic E-state index is 11.0. The van der Waals surface area contributed by atoms with Gasteiger partial charge in [0.25, 0.3) is 0 Å². The van der Waals surface area contributed by atoms with Gasteiger partial charge in [0.1, 0.15) is 0 Å². The van der Waals surface area contributed by atoms with Gasteiger partial charge in [0.15, 0.2) is 0 Å². The molecule has 1 aliphatic heterocycles. The van der Waals surface area contributed by atoms with E-state index in [-0.39, 0.29) is 10.8 Å². The van der Waals surface area contributed by atoms with Gasteiger partial charge in [-0.1, -0.05) is 23.7 Å². The Bertz CT molecular complexity index is 620. The zero-order chi connectivity index (χ0) is 13.9. The van der Waals surface area contributed by atoms with Crippen LogP contribution in [0.15, 0.2) is 28.8 Å². The van der Waals surface area contributed by atoms with Crippen molar-refractivity contribution in [1.82, 2.24) is 10.1 Å². The van der Waals surface area contributed by atoms with E-state index >= 15 is 0 Å². The van der Waals surface area contributed by atoms with Gasteiger partial charge in [0.05, 0.1) is 10.8 Å². The fourth-order valence-corrected chi connectivity index (χ4v) is 3.44. The molecule has 1 unspecified atom stereocenters. The van der Waals surface area contributed by atoms with Gasteiger partial charge in [-0.05, 0) is 30.7 Å². The largest absolute Gasteiger partial charge is 0.478 e. The number of hydrogen-bond acceptors (Lipinski definition) is 5. The van der Waals surface area contributed by atoms with E-state index < -0.39 is 5.97 Å². The normalized spacial score (nSPS) is 18.9.